The van der Waals surface area contributed by atoms with Crippen LogP contribution >= 0.6 is 22.9 Å². The molecule has 1 unspecified atom stereocenters. The molecule has 0 aliphatic carbocycles. The molecule has 102 valence electrons. The van der Waals surface area contributed by atoms with E-state index in [1.807, 2.05) is 19.1 Å². The highest BCUT2D eigenvalue weighted by Gasteiger charge is 2.13. The summed E-state index contributed by atoms with van der Waals surface area (Å²) in [5.41, 5.74) is 3.57. The molecule has 0 fully saturated rings. The Balaban J connectivity index is 2.23. The van der Waals surface area contributed by atoms with Crippen molar-refractivity contribution in [1.82, 2.24) is 9.97 Å². The second-order valence-corrected chi connectivity index (χ2v) is 5.80. The van der Waals surface area contributed by atoms with Gasteiger partial charge >= 0.3 is 0 Å². The number of hydrogen-bond acceptors (Lipinski definition) is 6. The number of hydrogen-bond donors (Lipinski definition) is 3. The summed E-state index contributed by atoms with van der Waals surface area (Å²) in [6.07, 6.45) is 2.28. The predicted octanol–water partition coefficient (Wildman–Crippen LogP) is 3.21. The van der Waals surface area contributed by atoms with Gasteiger partial charge in [0.05, 0.1) is 10.4 Å². The van der Waals surface area contributed by atoms with Crippen molar-refractivity contribution >= 4 is 34.6 Å². The van der Waals surface area contributed by atoms with Crippen LogP contribution in [0.3, 0.4) is 0 Å². The first-order chi connectivity index (χ1) is 9.15. The summed E-state index contributed by atoms with van der Waals surface area (Å²) in [6.45, 7) is 4.11. The Hall–Kier alpha value is -1.37. The van der Waals surface area contributed by atoms with Crippen LogP contribution in [0.15, 0.2) is 18.5 Å². The van der Waals surface area contributed by atoms with Gasteiger partial charge in [-0.25, -0.2) is 15.8 Å². The van der Waals surface area contributed by atoms with Crippen LogP contribution in [0.5, 0.6) is 0 Å². The normalized spacial score (nSPS) is 12.2. The molecule has 2 aromatic rings. The quantitative estimate of drug-likeness (QED) is 0.583. The minimum absolute atomic E-state index is 0.128. The molecule has 0 amide bonds. The maximum Gasteiger partial charge on any atom is 0.148 e. The Morgan fingerprint density at radius 1 is 1.37 bits per heavy atom. The minimum Gasteiger partial charge on any atom is -0.362 e. The van der Waals surface area contributed by atoms with Gasteiger partial charge in [0.1, 0.15) is 18.0 Å². The highest BCUT2D eigenvalue weighted by molar-refractivity contribution is 7.16. The number of thiophene rings is 1. The van der Waals surface area contributed by atoms with Crippen molar-refractivity contribution in [3.05, 3.63) is 33.2 Å². The fourth-order valence-corrected chi connectivity index (χ4v) is 2.90. The van der Waals surface area contributed by atoms with Crippen LogP contribution in [0, 0.1) is 0 Å². The van der Waals surface area contributed by atoms with Crippen molar-refractivity contribution in [2.24, 2.45) is 5.84 Å². The summed E-state index contributed by atoms with van der Waals surface area (Å²) < 4.78 is 0.784. The van der Waals surface area contributed by atoms with Gasteiger partial charge < -0.3 is 10.7 Å². The lowest BCUT2D eigenvalue weighted by atomic mass is 10.2. The van der Waals surface area contributed by atoms with Gasteiger partial charge in [-0.1, -0.05) is 18.5 Å². The fraction of sp³-hybridized carbons (Fsp3) is 0.333. The van der Waals surface area contributed by atoms with Crippen LogP contribution in [-0.2, 0) is 6.42 Å². The molecule has 0 aliphatic rings. The zero-order valence-electron chi connectivity index (χ0n) is 10.8. The predicted molar refractivity (Wildman–Crippen MR) is 80.6 cm³/mol. The zero-order chi connectivity index (χ0) is 13.8. The third kappa shape index (κ3) is 3.15. The third-order valence-corrected chi connectivity index (χ3v) is 4.22. The van der Waals surface area contributed by atoms with E-state index in [1.54, 1.807) is 11.3 Å². The summed E-state index contributed by atoms with van der Waals surface area (Å²) in [5, 5.41) is 3.37. The summed E-state index contributed by atoms with van der Waals surface area (Å²) in [6, 6.07) is 4.04. The Bertz CT molecular complexity index is 557. The number of aromatic nitrogens is 2. The van der Waals surface area contributed by atoms with Gasteiger partial charge in [0, 0.05) is 10.4 Å². The van der Waals surface area contributed by atoms with Crippen molar-refractivity contribution in [1.29, 1.82) is 0 Å². The standard InChI is InChI=1S/C12H16ClN5S/c1-3-8-11(15-6-16-12(8)18-14)17-7(2)9-4-5-10(13)19-9/h4-7H,3,14H2,1-2H3,(H2,15,16,17,18). The molecule has 19 heavy (non-hydrogen) atoms. The van der Waals surface area contributed by atoms with Crippen molar-refractivity contribution in [2.75, 3.05) is 10.7 Å². The van der Waals surface area contributed by atoms with E-state index in [4.69, 9.17) is 17.4 Å². The maximum atomic E-state index is 5.95. The van der Waals surface area contributed by atoms with E-state index in [1.165, 1.54) is 6.33 Å². The lowest BCUT2D eigenvalue weighted by Crippen LogP contribution is -2.15. The Morgan fingerprint density at radius 2 is 2.11 bits per heavy atom. The van der Waals surface area contributed by atoms with Crippen LogP contribution in [0.2, 0.25) is 4.34 Å². The monoisotopic (exact) mass is 297 g/mol. The molecule has 0 aromatic carbocycles. The summed E-state index contributed by atoms with van der Waals surface area (Å²) in [7, 11) is 0. The van der Waals surface area contributed by atoms with Gasteiger partial charge in [-0.3, -0.25) is 0 Å². The van der Waals surface area contributed by atoms with Crippen molar-refractivity contribution < 1.29 is 0 Å². The number of hydrazine groups is 1. The SMILES string of the molecule is CCc1c(NN)ncnc1NC(C)c1ccc(Cl)s1. The highest BCUT2D eigenvalue weighted by atomic mass is 35.5. The molecule has 0 radical (unpaired) electrons. The second-order valence-electron chi connectivity index (χ2n) is 4.06. The second kappa shape index (κ2) is 6.18. The molecule has 0 saturated carbocycles. The number of nitrogens with one attached hydrogen (secondary N) is 2. The lowest BCUT2D eigenvalue weighted by Gasteiger charge is -2.17. The van der Waals surface area contributed by atoms with Gasteiger partial charge in [-0.05, 0) is 25.5 Å². The van der Waals surface area contributed by atoms with Crippen LogP contribution in [-0.4, -0.2) is 9.97 Å². The fourth-order valence-electron chi connectivity index (χ4n) is 1.83. The van der Waals surface area contributed by atoms with E-state index in [9.17, 15) is 0 Å². The molecule has 0 saturated heterocycles. The van der Waals surface area contributed by atoms with Crippen molar-refractivity contribution in [3.63, 3.8) is 0 Å². The topological polar surface area (TPSA) is 75.9 Å². The molecule has 2 aromatic heterocycles. The first-order valence-electron chi connectivity index (χ1n) is 5.98. The van der Waals surface area contributed by atoms with Gasteiger partial charge in [0.2, 0.25) is 0 Å². The Morgan fingerprint density at radius 3 is 2.68 bits per heavy atom. The van der Waals surface area contributed by atoms with Gasteiger partial charge in [-0.2, -0.15) is 0 Å². The average molecular weight is 298 g/mol. The third-order valence-electron chi connectivity index (χ3n) is 2.81. The minimum atomic E-state index is 0.128. The molecule has 7 heteroatoms. The van der Waals surface area contributed by atoms with Crippen LogP contribution in [0.4, 0.5) is 11.6 Å². The first-order valence-corrected chi connectivity index (χ1v) is 7.17. The Kier molecular flexibility index (Phi) is 4.57. The number of nitrogens with two attached hydrogens (primary N) is 1. The first kappa shape index (κ1) is 14.0. The van der Waals surface area contributed by atoms with Crippen LogP contribution in [0.25, 0.3) is 0 Å². The van der Waals surface area contributed by atoms with Gasteiger partial charge in [-0.15, -0.1) is 11.3 Å². The molecule has 0 bridgehead atoms. The van der Waals surface area contributed by atoms with E-state index in [0.29, 0.717) is 5.82 Å². The Labute approximate surface area is 121 Å². The molecule has 5 nitrogen and oxygen atoms in total. The molecule has 4 N–H and O–H groups in total. The zero-order valence-corrected chi connectivity index (χ0v) is 12.3. The summed E-state index contributed by atoms with van der Waals surface area (Å²) in [4.78, 5) is 9.55. The maximum absolute atomic E-state index is 5.95. The largest absolute Gasteiger partial charge is 0.362 e. The van der Waals surface area contributed by atoms with Crippen molar-refractivity contribution in [2.45, 2.75) is 26.3 Å². The smallest absolute Gasteiger partial charge is 0.148 e. The number of anilines is 2. The summed E-state index contributed by atoms with van der Waals surface area (Å²) >= 11 is 7.51. The van der Waals surface area contributed by atoms with E-state index >= 15 is 0 Å². The molecule has 2 heterocycles. The molecule has 0 aliphatic heterocycles. The van der Waals surface area contributed by atoms with E-state index in [0.717, 1.165) is 27.0 Å². The highest BCUT2D eigenvalue weighted by Crippen LogP contribution is 2.30. The molecular weight excluding hydrogens is 282 g/mol. The van der Waals surface area contributed by atoms with Gasteiger partial charge in [0.25, 0.3) is 0 Å². The average Bonchev–Trinajstić information content (AvgIpc) is 2.85. The molecule has 0 spiro atoms. The molecule has 1 atom stereocenters. The number of halogens is 1. The van der Waals surface area contributed by atoms with Gasteiger partial charge in [0.15, 0.2) is 0 Å². The summed E-state index contributed by atoms with van der Waals surface area (Å²) in [5.74, 6) is 6.90. The number of nitrogen functional groups attached to an aromatic ring is 1. The molecular formula is C12H16ClN5S. The number of nitrogens with zero attached hydrogens (tertiary/aromatic N) is 2. The molecule has 2 rings (SSSR count). The van der Waals surface area contributed by atoms with E-state index < -0.39 is 0 Å². The number of rotatable bonds is 5. The van der Waals surface area contributed by atoms with Crippen LogP contribution in [0.1, 0.15) is 30.3 Å². The van der Waals surface area contributed by atoms with E-state index in [2.05, 4.69) is 27.6 Å². The van der Waals surface area contributed by atoms with E-state index in [-0.39, 0.29) is 6.04 Å². The van der Waals surface area contributed by atoms with Crippen LogP contribution < -0.4 is 16.6 Å². The lowest BCUT2D eigenvalue weighted by molar-refractivity contribution is 0.881. The van der Waals surface area contributed by atoms with Crippen molar-refractivity contribution in [3.8, 4) is 0 Å².